The normalized spacial score (nSPS) is 25.7. The number of imidazole rings is 1. The quantitative estimate of drug-likeness (QED) is 0.864. The predicted molar refractivity (Wildman–Crippen MR) is 55.9 cm³/mol. The van der Waals surface area contributed by atoms with E-state index >= 15 is 0 Å². The minimum atomic E-state index is -0.711. The first-order valence-electron chi connectivity index (χ1n) is 5.07. The molecule has 1 fully saturated rings. The number of hydrogen-bond donors (Lipinski definition) is 1. The van der Waals surface area contributed by atoms with E-state index in [9.17, 15) is 4.79 Å². The van der Waals surface area contributed by atoms with Gasteiger partial charge in [0.1, 0.15) is 0 Å². The summed E-state index contributed by atoms with van der Waals surface area (Å²) < 4.78 is 1.93. The molecule has 0 aliphatic heterocycles. The second-order valence-corrected chi connectivity index (χ2v) is 4.37. The van der Waals surface area contributed by atoms with Crippen LogP contribution >= 0.6 is 11.6 Å². The average molecular weight is 229 g/mol. The molecule has 2 unspecified atom stereocenters. The highest BCUT2D eigenvalue weighted by atomic mass is 35.5. The van der Waals surface area contributed by atoms with Crippen LogP contribution < -0.4 is 0 Å². The summed E-state index contributed by atoms with van der Waals surface area (Å²) in [6, 6.07) is 0.323. The van der Waals surface area contributed by atoms with Crippen molar-refractivity contribution in [3.8, 4) is 0 Å². The van der Waals surface area contributed by atoms with Crippen LogP contribution in [0, 0.1) is 5.92 Å². The van der Waals surface area contributed by atoms with E-state index in [0.29, 0.717) is 11.3 Å². The van der Waals surface area contributed by atoms with E-state index in [0.717, 1.165) is 19.3 Å². The van der Waals surface area contributed by atoms with Gasteiger partial charge < -0.3 is 9.67 Å². The molecule has 1 aliphatic carbocycles. The van der Waals surface area contributed by atoms with Gasteiger partial charge in [-0.2, -0.15) is 0 Å². The topological polar surface area (TPSA) is 55.1 Å². The predicted octanol–water partition coefficient (Wildman–Crippen LogP) is 2.35. The Morgan fingerprint density at radius 3 is 3.07 bits per heavy atom. The fourth-order valence-electron chi connectivity index (χ4n) is 2.30. The smallest absolute Gasteiger partial charge is 0.303 e. The van der Waals surface area contributed by atoms with Gasteiger partial charge >= 0.3 is 5.97 Å². The Balaban J connectivity index is 1.98. The van der Waals surface area contributed by atoms with Gasteiger partial charge in [0.2, 0.25) is 5.28 Å². The van der Waals surface area contributed by atoms with Crippen molar-refractivity contribution in [1.29, 1.82) is 0 Å². The van der Waals surface area contributed by atoms with Gasteiger partial charge in [0.25, 0.3) is 0 Å². The zero-order chi connectivity index (χ0) is 10.8. The lowest BCUT2D eigenvalue weighted by Crippen LogP contribution is -2.07. The first kappa shape index (κ1) is 10.5. The van der Waals surface area contributed by atoms with Crippen LogP contribution in [0.3, 0.4) is 0 Å². The van der Waals surface area contributed by atoms with Crippen LogP contribution in [0.5, 0.6) is 0 Å². The van der Waals surface area contributed by atoms with Crippen LogP contribution in [0.25, 0.3) is 0 Å². The van der Waals surface area contributed by atoms with Gasteiger partial charge in [-0.05, 0) is 36.8 Å². The number of hydrogen-bond acceptors (Lipinski definition) is 2. The molecule has 1 N–H and O–H groups in total. The molecule has 1 aromatic rings. The maximum absolute atomic E-state index is 10.6. The number of carboxylic acid groups (broad SMARTS) is 1. The Morgan fingerprint density at radius 1 is 1.67 bits per heavy atom. The van der Waals surface area contributed by atoms with Crippen molar-refractivity contribution in [1.82, 2.24) is 9.55 Å². The molecule has 1 heterocycles. The number of nitrogens with zero attached hydrogens (tertiary/aromatic N) is 2. The molecule has 0 saturated heterocycles. The van der Waals surface area contributed by atoms with Crippen LogP contribution in [-0.4, -0.2) is 20.6 Å². The molecule has 1 saturated carbocycles. The van der Waals surface area contributed by atoms with E-state index in [4.69, 9.17) is 16.7 Å². The summed E-state index contributed by atoms with van der Waals surface area (Å²) in [5.74, 6) is -0.427. The number of aliphatic carboxylic acids is 1. The Bertz CT molecular complexity index is 364. The van der Waals surface area contributed by atoms with Gasteiger partial charge in [0, 0.05) is 24.9 Å². The van der Waals surface area contributed by atoms with E-state index in [1.807, 2.05) is 10.8 Å². The van der Waals surface area contributed by atoms with Crippen molar-refractivity contribution in [2.24, 2.45) is 5.92 Å². The zero-order valence-electron chi connectivity index (χ0n) is 8.27. The fraction of sp³-hybridized carbons (Fsp3) is 0.600. The largest absolute Gasteiger partial charge is 0.481 e. The van der Waals surface area contributed by atoms with E-state index in [2.05, 4.69) is 4.98 Å². The van der Waals surface area contributed by atoms with Crippen molar-refractivity contribution < 1.29 is 9.90 Å². The maximum Gasteiger partial charge on any atom is 0.303 e. The highest BCUT2D eigenvalue weighted by Gasteiger charge is 2.28. The van der Waals surface area contributed by atoms with Crippen molar-refractivity contribution in [3.05, 3.63) is 17.7 Å². The van der Waals surface area contributed by atoms with Gasteiger partial charge in [-0.1, -0.05) is 0 Å². The van der Waals surface area contributed by atoms with E-state index in [1.165, 1.54) is 0 Å². The second kappa shape index (κ2) is 4.23. The van der Waals surface area contributed by atoms with E-state index < -0.39 is 5.97 Å². The van der Waals surface area contributed by atoms with Gasteiger partial charge in [-0.3, -0.25) is 4.79 Å². The molecular formula is C10H13ClN2O2. The fourth-order valence-corrected chi connectivity index (χ4v) is 2.55. The Hall–Kier alpha value is -1.03. The number of rotatable bonds is 3. The summed E-state index contributed by atoms with van der Waals surface area (Å²) in [6.07, 6.45) is 6.65. The second-order valence-electron chi connectivity index (χ2n) is 4.03. The van der Waals surface area contributed by atoms with Gasteiger partial charge in [0.15, 0.2) is 0 Å². The summed E-state index contributed by atoms with van der Waals surface area (Å²) in [5, 5.41) is 9.20. The van der Waals surface area contributed by atoms with Gasteiger partial charge in [-0.25, -0.2) is 4.98 Å². The first-order valence-corrected chi connectivity index (χ1v) is 5.44. The molecule has 2 rings (SSSR count). The highest BCUT2D eigenvalue weighted by molar-refractivity contribution is 6.28. The summed E-state index contributed by atoms with van der Waals surface area (Å²) in [4.78, 5) is 14.5. The molecule has 5 heteroatoms. The minimum Gasteiger partial charge on any atom is -0.481 e. The molecule has 1 aliphatic rings. The number of carboxylic acids is 1. The third kappa shape index (κ3) is 2.31. The molecule has 15 heavy (non-hydrogen) atoms. The van der Waals surface area contributed by atoms with Crippen LogP contribution in [0.2, 0.25) is 5.28 Å². The van der Waals surface area contributed by atoms with Crippen molar-refractivity contribution in [3.63, 3.8) is 0 Å². The molecule has 0 amide bonds. The van der Waals surface area contributed by atoms with Crippen LogP contribution in [0.15, 0.2) is 12.4 Å². The number of halogens is 1. The summed E-state index contributed by atoms with van der Waals surface area (Å²) in [7, 11) is 0. The Morgan fingerprint density at radius 2 is 2.47 bits per heavy atom. The zero-order valence-corrected chi connectivity index (χ0v) is 9.02. The molecule has 0 aromatic carbocycles. The van der Waals surface area contributed by atoms with E-state index in [1.54, 1.807) is 6.20 Å². The third-order valence-corrected chi connectivity index (χ3v) is 3.28. The van der Waals surface area contributed by atoms with Crippen LogP contribution in [0.4, 0.5) is 0 Å². The molecule has 0 radical (unpaired) electrons. The van der Waals surface area contributed by atoms with Gasteiger partial charge in [0.05, 0.1) is 0 Å². The minimum absolute atomic E-state index is 0.267. The molecule has 82 valence electrons. The lowest BCUT2D eigenvalue weighted by molar-refractivity contribution is -0.138. The Labute approximate surface area is 92.9 Å². The highest BCUT2D eigenvalue weighted by Crippen LogP contribution is 2.37. The average Bonchev–Trinajstić information content (AvgIpc) is 2.72. The maximum atomic E-state index is 10.6. The molecule has 4 nitrogen and oxygen atoms in total. The standard InChI is InChI=1S/C10H13ClN2O2/c11-10-12-3-4-13(10)8-2-1-7(5-8)6-9(14)15/h3-4,7-8H,1-2,5-6H2,(H,14,15). The lowest BCUT2D eigenvalue weighted by Gasteiger charge is -2.12. The lowest BCUT2D eigenvalue weighted by atomic mass is 10.0. The summed E-state index contributed by atoms with van der Waals surface area (Å²) >= 11 is 5.91. The van der Waals surface area contributed by atoms with Crippen molar-refractivity contribution in [2.45, 2.75) is 31.7 Å². The molecule has 2 atom stereocenters. The summed E-state index contributed by atoms with van der Waals surface area (Å²) in [6.45, 7) is 0. The van der Waals surface area contributed by atoms with Crippen LogP contribution in [0.1, 0.15) is 31.7 Å². The van der Waals surface area contributed by atoms with E-state index in [-0.39, 0.29) is 12.3 Å². The molecule has 0 bridgehead atoms. The van der Waals surface area contributed by atoms with Crippen LogP contribution in [-0.2, 0) is 4.79 Å². The number of aromatic nitrogens is 2. The molecular weight excluding hydrogens is 216 g/mol. The SMILES string of the molecule is O=C(O)CC1CCC(n2ccnc2Cl)C1. The molecule has 0 spiro atoms. The Kier molecular flexibility index (Phi) is 2.95. The number of carbonyl (C=O) groups is 1. The van der Waals surface area contributed by atoms with Crippen molar-refractivity contribution in [2.75, 3.05) is 0 Å². The van der Waals surface area contributed by atoms with Gasteiger partial charge in [-0.15, -0.1) is 0 Å². The first-order chi connectivity index (χ1) is 7.16. The third-order valence-electron chi connectivity index (χ3n) is 2.99. The van der Waals surface area contributed by atoms with Crippen molar-refractivity contribution >= 4 is 17.6 Å². The molecule has 1 aromatic heterocycles. The summed E-state index contributed by atoms with van der Waals surface area (Å²) in [5.41, 5.74) is 0. The monoisotopic (exact) mass is 228 g/mol.